The fraction of sp³-hybridized carbons (Fsp3) is 0.333. The molecule has 2 heterocycles. The Morgan fingerprint density at radius 2 is 1.96 bits per heavy atom. The summed E-state index contributed by atoms with van der Waals surface area (Å²) in [7, 11) is 0. The summed E-state index contributed by atoms with van der Waals surface area (Å²) in [6, 6.07) is 10.7. The molecular weight excluding hydrogens is 345 g/mol. The van der Waals surface area contributed by atoms with E-state index in [1.54, 1.807) is 17.9 Å². The van der Waals surface area contributed by atoms with Crippen LogP contribution in [0.3, 0.4) is 0 Å². The van der Waals surface area contributed by atoms with Crippen LogP contribution >= 0.6 is 0 Å². The average molecular weight is 367 g/mol. The highest BCUT2D eigenvalue weighted by Crippen LogP contribution is 2.31. The fourth-order valence-corrected chi connectivity index (χ4v) is 4.03. The first-order valence-corrected chi connectivity index (χ1v) is 9.26. The van der Waals surface area contributed by atoms with E-state index in [0.29, 0.717) is 24.5 Å². The molecule has 5 nitrogen and oxygen atoms in total. The van der Waals surface area contributed by atoms with Crippen LogP contribution in [0, 0.1) is 5.82 Å². The third kappa shape index (κ3) is 3.39. The summed E-state index contributed by atoms with van der Waals surface area (Å²) < 4.78 is 14.2. The van der Waals surface area contributed by atoms with Gasteiger partial charge in [0.1, 0.15) is 5.82 Å². The van der Waals surface area contributed by atoms with Gasteiger partial charge in [-0.05, 0) is 54.7 Å². The second-order valence-corrected chi connectivity index (χ2v) is 7.08. The lowest BCUT2D eigenvalue weighted by molar-refractivity contribution is -0.116. The van der Waals surface area contributed by atoms with Gasteiger partial charge in [0.2, 0.25) is 11.8 Å². The van der Waals surface area contributed by atoms with Gasteiger partial charge in [0, 0.05) is 31.4 Å². The zero-order chi connectivity index (χ0) is 19.0. The van der Waals surface area contributed by atoms with Crippen LogP contribution in [0.2, 0.25) is 0 Å². The van der Waals surface area contributed by atoms with Crippen molar-refractivity contribution in [2.75, 3.05) is 34.8 Å². The van der Waals surface area contributed by atoms with Crippen molar-refractivity contribution in [3.8, 4) is 0 Å². The molecule has 0 aromatic heterocycles. The molecule has 2 aliphatic heterocycles. The van der Waals surface area contributed by atoms with E-state index in [2.05, 4.69) is 5.32 Å². The van der Waals surface area contributed by atoms with Gasteiger partial charge in [0.15, 0.2) is 0 Å². The Bertz CT molecular complexity index is 912. The Morgan fingerprint density at radius 3 is 2.78 bits per heavy atom. The lowest BCUT2D eigenvalue weighted by atomic mass is 10.0. The number of para-hydroxylation sites is 1. The number of aryl methyl sites for hydroxylation is 1. The molecule has 1 N–H and O–H groups in total. The molecule has 0 fully saturated rings. The Labute approximate surface area is 157 Å². The van der Waals surface area contributed by atoms with Crippen molar-refractivity contribution in [1.82, 2.24) is 0 Å². The zero-order valence-corrected chi connectivity index (χ0v) is 15.3. The average Bonchev–Trinajstić information content (AvgIpc) is 3.05. The van der Waals surface area contributed by atoms with Crippen LogP contribution in [-0.2, 0) is 22.4 Å². The van der Waals surface area contributed by atoms with Gasteiger partial charge >= 0.3 is 0 Å². The number of carbonyl (C=O) groups excluding carboxylic acids is 2. The number of anilines is 3. The molecule has 2 aromatic rings. The number of carbonyl (C=O) groups is 2. The number of nitrogens with zero attached hydrogens (tertiary/aromatic N) is 2. The van der Waals surface area contributed by atoms with Gasteiger partial charge in [-0.15, -0.1) is 0 Å². The maximum absolute atomic E-state index is 14.2. The van der Waals surface area contributed by atoms with E-state index in [1.165, 1.54) is 6.07 Å². The van der Waals surface area contributed by atoms with Crippen molar-refractivity contribution in [2.45, 2.75) is 26.2 Å². The molecule has 2 amide bonds. The first-order chi connectivity index (χ1) is 13.0. The van der Waals surface area contributed by atoms with E-state index in [9.17, 15) is 14.0 Å². The van der Waals surface area contributed by atoms with Crippen molar-refractivity contribution in [1.29, 1.82) is 0 Å². The summed E-state index contributed by atoms with van der Waals surface area (Å²) in [6.07, 6.45) is 2.52. The number of fused-ring (bicyclic) bond motifs is 2. The molecule has 0 atom stereocenters. The van der Waals surface area contributed by atoms with E-state index in [4.69, 9.17) is 0 Å². The van der Waals surface area contributed by atoms with Crippen molar-refractivity contribution >= 4 is 28.9 Å². The summed E-state index contributed by atoms with van der Waals surface area (Å²) in [5.41, 5.74) is 4.17. The molecule has 0 saturated heterocycles. The predicted molar refractivity (Wildman–Crippen MR) is 104 cm³/mol. The summed E-state index contributed by atoms with van der Waals surface area (Å²) in [5, 5.41) is 2.91. The molecule has 0 radical (unpaired) electrons. The molecule has 140 valence electrons. The Hall–Kier alpha value is -2.89. The van der Waals surface area contributed by atoms with E-state index >= 15 is 0 Å². The molecule has 0 spiro atoms. The third-order valence-corrected chi connectivity index (χ3v) is 5.23. The maximum Gasteiger partial charge on any atom is 0.243 e. The normalized spacial score (nSPS) is 15.3. The molecule has 0 saturated carbocycles. The van der Waals surface area contributed by atoms with Crippen LogP contribution in [0.25, 0.3) is 0 Å². The smallest absolute Gasteiger partial charge is 0.243 e. The molecule has 0 bridgehead atoms. The molecule has 27 heavy (non-hydrogen) atoms. The predicted octanol–water partition coefficient (Wildman–Crippen LogP) is 3.13. The number of amides is 2. The van der Waals surface area contributed by atoms with Gasteiger partial charge in [0.05, 0.1) is 12.2 Å². The fourth-order valence-electron chi connectivity index (χ4n) is 4.03. The number of nitrogens with one attached hydrogen (secondary N) is 1. The Balaban J connectivity index is 1.47. The monoisotopic (exact) mass is 367 g/mol. The van der Waals surface area contributed by atoms with Crippen LogP contribution in [0.5, 0.6) is 0 Å². The Kier molecular flexibility index (Phi) is 4.56. The summed E-state index contributed by atoms with van der Waals surface area (Å²) >= 11 is 0. The first-order valence-electron chi connectivity index (χ1n) is 9.26. The zero-order valence-electron chi connectivity index (χ0n) is 15.3. The van der Waals surface area contributed by atoms with E-state index in [-0.39, 0.29) is 24.2 Å². The van der Waals surface area contributed by atoms with E-state index in [1.807, 2.05) is 29.2 Å². The third-order valence-electron chi connectivity index (χ3n) is 5.23. The molecule has 0 aliphatic carbocycles. The van der Waals surface area contributed by atoms with Gasteiger partial charge in [-0.25, -0.2) is 4.39 Å². The van der Waals surface area contributed by atoms with Crippen molar-refractivity contribution in [2.24, 2.45) is 0 Å². The lowest BCUT2D eigenvalue weighted by Gasteiger charge is -2.31. The van der Waals surface area contributed by atoms with Crippen LogP contribution in [0.1, 0.15) is 24.5 Å². The lowest BCUT2D eigenvalue weighted by Crippen LogP contribution is -2.37. The van der Waals surface area contributed by atoms with Crippen LogP contribution in [0.4, 0.5) is 21.5 Å². The van der Waals surface area contributed by atoms with Crippen molar-refractivity contribution < 1.29 is 14.0 Å². The van der Waals surface area contributed by atoms with Crippen LogP contribution < -0.4 is 15.1 Å². The maximum atomic E-state index is 14.2. The van der Waals surface area contributed by atoms with E-state index < -0.39 is 0 Å². The molecule has 0 unspecified atom stereocenters. The number of benzene rings is 2. The van der Waals surface area contributed by atoms with Crippen LogP contribution in [-0.4, -0.2) is 31.4 Å². The standard InChI is InChI=1S/C21H22FN3O2/c1-14(26)25-11-9-16-12-17(7-8-19(16)25)23-20(27)13-24-10-3-5-15-4-2-6-18(22)21(15)24/h2,4,6-8,12H,3,5,9-11,13H2,1H3,(H,23,27). The molecule has 2 aliphatic rings. The minimum Gasteiger partial charge on any atom is -0.360 e. The number of hydrogen-bond donors (Lipinski definition) is 1. The molecule has 6 heteroatoms. The minimum absolute atomic E-state index is 0.0244. The highest BCUT2D eigenvalue weighted by molar-refractivity contribution is 5.97. The van der Waals surface area contributed by atoms with Gasteiger partial charge in [-0.2, -0.15) is 0 Å². The van der Waals surface area contributed by atoms with Crippen molar-refractivity contribution in [3.63, 3.8) is 0 Å². The summed E-state index contributed by atoms with van der Waals surface area (Å²) in [5.74, 6) is -0.425. The number of rotatable bonds is 3. The second-order valence-electron chi connectivity index (χ2n) is 7.08. The van der Waals surface area contributed by atoms with Crippen LogP contribution in [0.15, 0.2) is 36.4 Å². The van der Waals surface area contributed by atoms with Gasteiger partial charge in [0.25, 0.3) is 0 Å². The van der Waals surface area contributed by atoms with Gasteiger partial charge in [-0.1, -0.05) is 12.1 Å². The highest BCUT2D eigenvalue weighted by Gasteiger charge is 2.24. The number of halogens is 1. The molecule has 2 aromatic carbocycles. The summed E-state index contributed by atoms with van der Waals surface area (Å²) in [6.45, 7) is 3.01. The highest BCUT2D eigenvalue weighted by atomic mass is 19.1. The molecule has 4 rings (SSSR count). The topological polar surface area (TPSA) is 52.7 Å². The molecular formula is C21H22FN3O2. The first kappa shape index (κ1) is 17.5. The minimum atomic E-state index is -0.276. The SMILES string of the molecule is CC(=O)N1CCc2cc(NC(=O)CN3CCCc4cccc(F)c43)ccc21. The second kappa shape index (κ2) is 7.02. The van der Waals surface area contributed by atoms with Crippen molar-refractivity contribution in [3.05, 3.63) is 53.3 Å². The summed E-state index contributed by atoms with van der Waals surface area (Å²) in [4.78, 5) is 27.7. The van der Waals surface area contributed by atoms with Gasteiger partial charge < -0.3 is 15.1 Å². The quantitative estimate of drug-likeness (QED) is 0.907. The van der Waals surface area contributed by atoms with E-state index in [0.717, 1.165) is 36.1 Å². The number of hydrogen-bond acceptors (Lipinski definition) is 3. The Morgan fingerprint density at radius 1 is 1.11 bits per heavy atom. The van der Waals surface area contributed by atoms with Gasteiger partial charge in [-0.3, -0.25) is 9.59 Å². The largest absolute Gasteiger partial charge is 0.360 e.